The Morgan fingerprint density at radius 2 is 1.76 bits per heavy atom. The number of nitrogens with zero attached hydrogens (tertiary/aromatic N) is 2. The van der Waals surface area contributed by atoms with Crippen LogP contribution in [0.4, 0.5) is 4.39 Å². The Labute approximate surface area is 176 Å². The fraction of sp³-hybridized carbons (Fsp3) is 0.211. The number of fused-ring (bicyclic) bond motifs is 1. The third kappa shape index (κ3) is 3.73. The molecule has 1 aromatic heterocycles. The molecule has 0 atom stereocenters. The van der Waals surface area contributed by atoms with Crippen LogP contribution in [0.25, 0.3) is 10.9 Å². The number of aromatic nitrogens is 1. The van der Waals surface area contributed by atoms with E-state index in [0.717, 1.165) is 0 Å². The monoisotopic (exact) mass is 455 g/mol. The van der Waals surface area contributed by atoms with Gasteiger partial charge in [0.05, 0.1) is 10.0 Å². The van der Waals surface area contributed by atoms with Gasteiger partial charge in [-0.25, -0.2) is 12.8 Å². The number of nitrogens with one attached hydrogen (secondary N) is 1. The van der Waals surface area contributed by atoms with Gasteiger partial charge in [0, 0.05) is 37.1 Å². The fourth-order valence-electron chi connectivity index (χ4n) is 3.34. The van der Waals surface area contributed by atoms with Gasteiger partial charge in [0.1, 0.15) is 16.4 Å². The molecular weight excluding hydrogens is 440 g/mol. The molecule has 1 saturated heterocycles. The van der Waals surface area contributed by atoms with E-state index in [-0.39, 0.29) is 52.8 Å². The van der Waals surface area contributed by atoms with Crippen LogP contribution in [0.3, 0.4) is 0 Å². The summed E-state index contributed by atoms with van der Waals surface area (Å²) in [7, 11) is -3.82. The molecule has 1 N–H and O–H groups in total. The lowest BCUT2D eigenvalue weighted by Gasteiger charge is -2.34. The zero-order chi connectivity index (χ0) is 20.8. The van der Waals surface area contributed by atoms with Crippen LogP contribution in [0.5, 0.6) is 0 Å². The number of benzene rings is 2. The van der Waals surface area contributed by atoms with Gasteiger partial charge in [0.15, 0.2) is 0 Å². The Hall–Kier alpha value is -2.13. The first-order chi connectivity index (χ1) is 13.8. The average molecular weight is 456 g/mol. The molecule has 2 aromatic carbocycles. The van der Waals surface area contributed by atoms with Gasteiger partial charge in [-0.15, -0.1) is 0 Å². The van der Waals surface area contributed by atoms with E-state index in [1.54, 1.807) is 17.0 Å². The Morgan fingerprint density at radius 1 is 1.03 bits per heavy atom. The summed E-state index contributed by atoms with van der Waals surface area (Å²) in [4.78, 5) is 17.3. The third-order valence-corrected chi connectivity index (χ3v) is 7.74. The van der Waals surface area contributed by atoms with Gasteiger partial charge in [0.25, 0.3) is 5.91 Å². The molecule has 152 valence electrons. The van der Waals surface area contributed by atoms with Crippen molar-refractivity contribution in [3.05, 3.63) is 64.0 Å². The number of rotatable bonds is 3. The molecule has 1 amide bonds. The Bertz CT molecular complexity index is 1200. The number of carbonyl (C=O) groups is 1. The number of hydrogen-bond donors (Lipinski definition) is 1. The summed E-state index contributed by atoms with van der Waals surface area (Å²) >= 11 is 12.0. The lowest BCUT2D eigenvalue weighted by atomic mass is 10.2. The van der Waals surface area contributed by atoms with Crippen LogP contribution in [0.2, 0.25) is 10.0 Å². The predicted molar refractivity (Wildman–Crippen MR) is 109 cm³/mol. The molecule has 29 heavy (non-hydrogen) atoms. The van der Waals surface area contributed by atoms with E-state index in [9.17, 15) is 17.6 Å². The number of halogens is 3. The van der Waals surface area contributed by atoms with Crippen LogP contribution < -0.4 is 0 Å². The Morgan fingerprint density at radius 3 is 2.48 bits per heavy atom. The normalized spacial score (nSPS) is 15.8. The highest BCUT2D eigenvalue weighted by molar-refractivity contribution is 7.89. The van der Waals surface area contributed by atoms with Crippen molar-refractivity contribution in [3.8, 4) is 0 Å². The van der Waals surface area contributed by atoms with Crippen molar-refractivity contribution in [2.24, 2.45) is 0 Å². The second-order valence-electron chi connectivity index (χ2n) is 6.66. The summed E-state index contributed by atoms with van der Waals surface area (Å²) in [5, 5.41) is 0.750. The van der Waals surface area contributed by atoms with Gasteiger partial charge in [0.2, 0.25) is 10.0 Å². The lowest BCUT2D eigenvalue weighted by molar-refractivity contribution is 0.0693. The van der Waals surface area contributed by atoms with E-state index in [1.807, 2.05) is 0 Å². The summed E-state index contributed by atoms with van der Waals surface area (Å²) < 4.78 is 40.4. The maximum Gasteiger partial charge on any atom is 0.270 e. The van der Waals surface area contributed by atoms with Gasteiger partial charge < -0.3 is 9.88 Å². The molecule has 10 heteroatoms. The first kappa shape index (κ1) is 20.2. The molecule has 1 aliphatic rings. The van der Waals surface area contributed by atoms with Gasteiger partial charge in [-0.05, 0) is 36.4 Å². The molecular formula is C19H16Cl2FN3O3S. The first-order valence-electron chi connectivity index (χ1n) is 8.79. The van der Waals surface area contributed by atoms with E-state index in [0.29, 0.717) is 16.6 Å². The summed E-state index contributed by atoms with van der Waals surface area (Å²) in [5.41, 5.74) is 0.992. The molecule has 3 aromatic rings. The second-order valence-corrected chi connectivity index (χ2v) is 9.35. The molecule has 0 saturated carbocycles. The van der Waals surface area contributed by atoms with Crippen LogP contribution in [0.15, 0.2) is 47.4 Å². The topological polar surface area (TPSA) is 73.5 Å². The van der Waals surface area contributed by atoms with Crippen LogP contribution in [0.1, 0.15) is 10.5 Å². The predicted octanol–water partition coefficient (Wildman–Crippen LogP) is 3.76. The second kappa shape index (κ2) is 7.60. The average Bonchev–Trinajstić information content (AvgIpc) is 3.12. The maximum absolute atomic E-state index is 13.4. The molecule has 0 aliphatic carbocycles. The van der Waals surface area contributed by atoms with Gasteiger partial charge in [-0.1, -0.05) is 29.3 Å². The Balaban J connectivity index is 1.49. The van der Waals surface area contributed by atoms with Crippen molar-refractivity contribution in [2.75, 3.05) is 26.2 Å². The molecule has 6 nitrogen and oxygen atoms in total. The summed E-state index contributed by atoms with van der Waals surface area (Å²) in [6, 6.07) is 10.3. The summed E-state index contributed by atoms with van der Waals surface area (Å²) in [5.74, 6) is -0.645. The highest BCUT2D eigenvalue weighted by Gasteiger charge is 2.32. The van der Waals surface area contributed by atoms with Crippen molar-refractivity contribution in [1.82, 2.24) is 14.2 Å². The van der Waals surface area contributed by atoms with Crippen molar-refractivity contribution in [2.45, 2.75) is 4.90 Å². The SMILES string of the molecule is O=C(c1cc2cc(F)ccc2[nH]1)N1CCN(S(=O)(=O)c2cccc(Cl)c2Cl)CC1. The van der Waals surface area contributed by atoms with Gasteiger partial charge in [-0.3, -0.25) is 4.79 Å². The summed E-state index contributed by atoms with van der Waals surface area (Å²) in [6.07, 6.45) is 0. The maximum atomic E-state index is 13.4. The number of hydrogen-bond acceptors (Lipinski definition) is 3. The summed E-state index contributed by atoms with van der Waals surface area (Å²) in [6.45, 7) is 0.706. The van der Waals surface area contributed by atoms with Crippen LogP contribution in [-0.2, 0) is 10.0 Å². The van der Waals surface area contributed by atoms with Crippen LogP contribution in [-0.4, -0.2) is 54.7 Å². The molecule has 0 radical (unpaired) electrons. The van der Waals surface area contributed by atoms with E-state index in [4.69, 9.17) is 23.2 Å². The number of carbonyl (C=O) groups excluding carboxylic acids is 1. The minimum atomic E-state index is -3.82. The van der Waals surface area contributed by atoms with E-state index < -0.39 is 10.0 Å². The van der Waals surface area contributed by atoms with Crippen molar-refractivity contribution >= 4 is 50.0 Å². The van der Waals surface area contributed by atoms with E-state index in [1.165, 1.54) is 34.6 Å². The minimum absolute atomic E-state index is 0.0158. The molecule has 2 heterocycles. The van der Waals surface area contributed by atoms with E-state index in [2.05, 4.69) is 4.98 Å². The molecule has 1 fully saturated rings. The highest BCUT2D eigenvalue weighted by Crippen LogP contribution is 2.31. The van der Waals surface area contributed by atoms with Gasteiger partial charge >= 0.3 is 0 Å². The highest BCUT2D eigenvalue weighted by atomic mass is 35.5. The van der Waals surface area contributed by atoms with Crippen molar-refractivity contribution in [3.63, 3.8) is 0 Å². The number of sulfonamides is 1. The molecule has 0 bridgehead atoms. The number of piperazine rings is 1. The quantitative estimate of drug-likeness (QED) is 0.653. The van der Waals surface area contributed by atoms with Crippen molar-refractivity contribution < 1.29 is 17.6 Å². The largest absolute Gasteiger partial charge is 0.351 e. The Kier molecular flexibility index (Phi) is 5.29. The van der Waals surface area contributed by atoms with E-state index >= 15 is 0 Å². The molecule has 0 spiro atoms. The fourth-order valence-corrected chi connectivity index (χ4v) is 5.50. The van der Waals surface area contributed by atoms with Crippen LogP contribution >= 0.6 is 23.2 Å². The smallest absolute Gasteiger partial charge is 0.270 e. The number of H-pyrrole nitrogens is 1. The standard InChI is InChI=1S/C19H16Cl2FN3O3S/c20-14-2-1-3-17(18(14)21)29(27,28)25-8-6-24(7-9-25)19(26)16-11-12-10-13(22)4-5-15(12)23-16/h1-5,10-11,23H,6-9H2. The zero-order valence-electron chi connectivity index (χ0n) is 15.0. The van der Waals surface area contributed by atoms with Crippen molar-refractivity contribution in [1.29, 1.82) is 0 Å². The number of amides is 1. The molecule has 0 unspecified atom stereocenters. The minimum Gasteiger partial charge on any atom is -0.351 e. The third-order valence-electron chi connectivity index (χ3n) is 4.87. The lowest BCUT2D eigenvalue weighted by Crippen LogP contribution is -2.50. The first-order valence-corrected chi connectivity index (χ1v) is 11.0. The number of aromatic amines is 1. The molecule has 1 aliphatic heterocycles. The van der Waals surface area contributed by atoms with Crippen LogP contribution in [0, 0.1) is 5.82 Å². The zero-order valence-corrected chi connectivity index (χ0v) is 17.4. The van der Waals surface area contributed by atoms with Gasteiger partial charge in [-0.2, -0.15) is 4.31 Å². The molecule has 4 rings (SSSR count).